The molecular weight excluding hydrogens is 407 g/mol. The minimum absolute atomic E-state index is 0.275. The van der Waals surface area contributed by atoms with E-state index < -0.39 is 6.36 Å². The lowest BCUT2D eigenvalue weighted by atomic mass is 10.1. The van der Waals surface area contributed by atoms with Crippen LogP contribution in [0.25, 0.3) is 11.5 Å². The molecule has 8 heteroatoms. The normalized spacial score (nSPS) is 17.7. The van der Waals surface area contributed by atoms with Gasteiger partial charge in [0.25, 0.3) is 0 Å². The Morgan fingerprint density at radius 3 is 2.58 bits per heavy atom. The van der Waals surface area contributed by atoms with E-state index in [0.29, 0.717) is 24.0 Å². The summed E-state index contributed by atoms with van der Waals surface area (Å²) in [4.78, 5) is 9.26. The summed E-state index contributed by atoms with van der Waals surface area (Å²) in [5.74, 6) is 0.100. The molecule has 1 atom stereocenters. The molecule has 0 spiro atoms. The first-order valence-electron chi connectivity index (χ1n) is 10.1. The van der Waals surface area contributed by atoms with Crippen LogP contribution in [0.15, 0.2) is 59.2 Å². The van der Waals surface area contributed by atoms with Crippen LogP contribution in [0.4, 0.5) is 18.9 Å². The van der Waals surface area contributed by atoms with Crippen molar-refractivity contribution in [3.05, 3.63) is 66.1 Å². The average Bonchev–Trinajstić information content (AvgIpc) is 3.16. The Balaban J connectivity index is 1.36. The third kappa shape index (κ3) is 5.38. The van der Waals surface area contributed by atoms with E-state index in [9.17, 15) is 13.2 Å². The summed E-state index contributed by atoms with van der Waals surface area (Å²) in [5.41, 5.74) is 3.88. The van der Waals surface area contributed by atoms with E-state index in [1.807, 2.05) is 0 Å². The number of piperazine rings is 1. The number of benzene rings is 2. The average molecular weight is 431 g/mol. The van der Waals surface area contributed by atoms with E-state index in [0.717, 1.165) is 25.3 Å². The van der Waals surface area contributed by atoms with Gasteiger partial charge in [-0.25, -0.2) is 4.98 Å². The Kier molecular flexibility index (Phi) is 5.91. The van der Waals surface area contributed by atoms with Gasteiger partial charge in [0.1, 0.15) is 12.0 Å². The highest BCUT2D eigenvalue weighted by Crippen LogP contribution is 2.27. The smallest absolute Gasteiger partial charge is 0.444 e. The quantitative estimate of drug-likeness (QED) is 0.551. The lowest BCUT2D eigenvalue weighted by molar-refractivity contribution is -0.274. The molecule has 5 nitrogen and oxygen atoms in total. The molecule has 1 unspecified atom stereocenters. The molecule has 164 valence electrons. The largest absolute Gasteiger partial charge is 0.573 e. The van der Waals surface area contributed by atoms with Gasteiger partial charge < -0.3 is 14.1 Å². The van der Waals surface area contributed by atoms with Crippen LogP contribution in [0.1, 0.15) is 18.2 Å². The van der Waals surface area contributed by atoms with E-state index in [-0.39, 0.29) is 5.75 Å². The molecule has 2 aromatic carbocycles. The van der Waals surface area contributed by atoms with E-state index in [1.165, 1.54) is 35.5 Å². The van der Waals surface area contributed by atoms with E-state index >= 15 is 0 Å². The summed E-state index contributed by atoms with van der Waals surface area (Å²) < 4.78 is 46.3. The monoisotopic (exact) mass is 431 g/mol. The summed E-state index contributed by atoms with van der Waals surface area (Å²) >= 11 is 0. The van der Waals surface area contributed by atoms with Crippen molar-refractivity contribution < 1.29 is 22.3 Å². The predicted molar refractivity (Wildman–Crippen MR) is 112 cm³/mol. The number of hydrogen-bond acceptors (Lipinski definition) is 5. The molecular formula is C23H24F3N3O2. The summed E-state index contributed by atoms with van der Waals surface area (Å²) in [5, 5.41) is 0. The lowest BCUT2D eigenvalue weighted by Gasteiger charge is -2.41. The van der Waals surface area contributed by atoms with Crippen molar-refractivity contribution in [1.82, 2.24) is 9.88 Å². The van der Waals surface area contributed by atoms with Crippen molar-refractivity contribution in [3.63, 3.8) is 0 Å². The molecule has 31 heavy (non-hydrogen) atoms. The zero-order chi connectivity index (χ0) is 22.0. The molecule has 2 heterocycles. The number of hydrogen-bond donors (Lipinski definition) is 0. The van der Waals surface area contributed by atoms with Gasteiger partial charge in [-0.3, -0.25) is 4.90 Å². The Labute approximate surface area is 179 Å². The third-order valence-electron chi connectivity index (χ3n) is 5.32. The van der Waals surface area contributed by atoms with Crippen LogP contribution in [-0.4, -0.2) is 41.9 Å². The zero-order valence-electron chi connectivity index (χ0n) is 17.4. The minimum atomic E-state index is -4.71. The fourth-order valence-electron chi connectivity index (χ4n) is 3.91. The number of rotatable bonds is 5. The maximum Gasteiger partial charge on any atom is 0.573 e. The van der Waals surface area contributed by atoms with E-state index in [1.54, 1.807) is 6.26 Å². The maximum absolute atomic E-state index is 12.3. The minimum Gasteiger partial charge on any atom is -0.444 e. The van der Waals surface area contributed by atoms with Crippen LogP contribution in [0, 0.1) is 6.92 Å². The van der Waals surface area contributed by atoms with Gasteiger partial charge in [0.15, 0.2) is 0 Å². The number of halogens is 3. The van der Waals surface area contributed by atoms with Gasteiger partial charge in [0.2, 0.25) is 5.89 Å². The van der Waals surface area contributed by atoms with Crippen molar-refractivity contribution in [2.75, 3.05) is 24.5 Å². The number of nitrogens with zero attached hydrogens (tertiary/aromatic N) is 3. The summed E-state index contributed by atoms with van der Waals surface area (Å²) in [6, 6.07) is 14.4. The van der Waals surface area contributed by atoms with Crippen LogP contribution in [0.3, 0.4) is 0 Å². The fraction of sp³-hybridized carbons (Fsp3) is 0.348. The number of aryl methyl sites for hydroxylation is 1. The number of anilines is 1. The lowest BCUT2D eigenvalue weighted by Crippen LogP contribution is -2.51. The zero-order valence-corrected chi connectivity index (χ0v) is 17.4. The Morgan fingerprint density at radius 1 is 1.13 bits per heavy atom. The van der Waals surface area contributed by atoms with Crippen molar-refractivity contribution in [1.29, 1.82) is 0 Å². The highest BCUT2D eigenvalue weighted by atomic mass is 19.4. The van der Waals surface area contributed by atoms with Crippen molar-refractivity contribution in [2.24, 2.45) is 0 Å². The molecule has 1 saturated heterocycles. The predicted octanol–water partition coefficient (Wildman–Crippen LogP) is 5.26. The molecule has 1 aromatic heterocycles. The Morgan fingerprint density at radius 2 is 1.90 bits per heavy atom. The standard InChI is InChI=1S/C23H24F3N3O2/c1-16-4-3-5-20(12-16)29-11-10-28(13-17(29)2)14-19-15-30-22(27-19)18-6-8-21(9-7-18)31-23(24,25)26/h3-9,12,15,17H,10-11,13-14H2,1-2H3. The molecule has 3 aromatic rings. The molecule has 4 rings (SSSR count). The van der Waals surface area contributed by atoms with Crippen LogP contribution >= 0.6 is 0 Å². The van der Waals surface area contributed by atoms with Gasteiger partial charge in [-0.1, -0.05) is 12.1 Å². The van der Waals surface area contributed by atoms with Gasteiger partial charge in [0, 0.05) is 43.5 Å². The molecule has 0 saturated carbocycles. The molecule has 0 N–H and O–H groups in total. The van der Waals surface area contributed by atoms with Gasteiger partial charge in [-0.2, -0.15) is 0 Å². The van der Waals surface area contributed by atoms with Gasteiger partial charge >= 0.3 is 6.36 Å². The van der Waals surface area contributed by atoms with Gasteiger partial charge in [-0.15, -0.1) is 13.2 Å². The van der Waals surface area contributed by atoms with Crippen LogP contribution in [0.2, 0.25) is 0 Å². The second-order valence-electron chi connectivity index (χ2n) is 7.83. The summed E-state index contributed by atoms with van der Waals surface area (Å²) in [6.07, 6.45) is -3.11. The second kappa shape index (κ2) is 8.63. The molecule has 1 fully saturated rings. The highest BCUT2D eigenvalue weighted by molar-refractivity contribution is 5.54. The van der Waals surface area contributed by atoms with Crippen molar-refractivity contribution in [3.8, 4) is 17.2 Å². The van der Waals surface area contributed by atoms with Crippen molar-refractivity contribution in [2.45, 2.75) is 32.8 Å². The van der Waals surface area contributed by atoms with E-state index in [4.69, 9.17) is 4.42 Å². The van der Waals surface area contributed by atoms with Gasteiger partial charge in [-0.05, 0) is 55.8 Å². The number of aromatic nitrogens is 1. The Hall–Kier alpha value is -3.00. The topological polar surface area (TPSA) is 41.7 Å². The molecule has 0 aliphatic carbocycles. The van der Waals surface area contributed by atoms with Gasteiger partial charge in [0.05, 0.1) is 5.69 Å². The van der Waals surface area contributed by atoms with Crippen LogP contribution in [-0.2, 0) is 6.54 Å². The number of ether oxygens (including phenoxy) is 1. The van der Waals surface area contributed by atoms with Crippen LogP contribution in [0.5, 0.6) is 5.75 Å². The third-order valence-corrected chi connectivity index (χ3v) is 5.32. The molecule has 0 amide bonds. The first kappa shape index (κ1) is 21.2. The van der Waals surface area contributed by atoms with E-state index in [2.05, 4.69) is 57.6 Å². The second-order valence-corrected chi connectivity index (χ2v) is 7.83. The maximum atomic E-state index is 12.3. The fourth-order valence-corrected chi connectivity index (χ4v) is 3.91. The molecule has 1 aliphatic heterocycles. The summed E-state index contributed by atoms with van der Waals surface area (Å²) in [6.45, 7) is 7.71. The SMILES string of the molecule is Cc1cccc(N2CCN(Cc3coc(-c4ccc(OC(F)(F)F)cc4)n3)CC2C)c1. The first-order chi connectivity index (χ1) is 14.8. The van der Waals surface area contributed by atoms with Crippen molar-refractivity contribution >= 4 is 5.69 Å². The number of oxazole rings is 1. The first-order valence-corrected chi connectivity index (χ1v) is 10.1. The molecule has 1 aliphatic rings. The van der Waals surface area contributed by atoms with Crippen LogP contribution < -0.4 is 9.64 Å². The molecule has 0 radical (unpaired) electrons. The summed E-state index contributed by atoms with van der Waals surface area (Å²) in [7, 11) is 0. The molecule has 0 bridgehead atoms. The highest BCUT2D eigenvalue weighted by Gasteiger charge is 2.31. The Bertz CT molecular complexity index is 1020. The number of alkyl halides is 3.